The average molecular weight is 215 g/mol. The number of hydrogen-bond donors (Lipinski definition) is 1. The van der Waals surface area contributed by atoms with Crippen LogP contribution in [-0.2, 0) is 0 Å². The van der Waals surface area contributed by atoms with Crippen LogP contribution in [0.4, 0.5) is 11.4 Å². The molecule has 0 heterocycles. The molecular formula is C8H7ClN2O3. The largest absolute Gasteiger partial charge is 0.393 e. The van der Waals surface area contributed by atoms with Crippen molar-refractivity contribution in [3.8, 4) is 0 Å². The molecule has 0 spiro atoms. The van der Waals surface area contributed by atoms with Crippen molar-refractivity contribution in [2.45, 2.75) is 6.92 Å². The molecule has 1 aromatic rings. The second-order valence-electron chi connectivity index (χ2n) is 2.72. The molecule has 2 N–H and O–H groups in total. The molecule has 0 saturated carbocycles. The Bertz CT molecular complexity index is 417. The van der Waals surface area contributed by atoms with Crippen LogP contribution in [0.3, 0.4) is 0 Å². The van der Waals surface area contributed by atoms with Gasteiger partial charge >= 0.3 is 0 Å². The zero-order chi connectivity index (χ0) is 10.9. The van der Waals surface area contributed by atoms with Gasteiger partial charge < -0.3 is 5.73 Å². The molecule has 0 bridgehead atoms. The second-order valence-corrected chi connectivity index (χ2v) is 3.07. The van der Waals surface area contributed by atoms with E-state index in [1.165, 1.54) is 19.1 Å². The molecule has 0 aliphatic heterocycles. The zero-order valence-corrected chi connectivity index (χ0v) is 8.04. The predicted octanol–water partition coefficient (Wildman–Crippen LogP) is 1.86. The van der Waals surface area contributed by atoms with Gasteiger partial charge in [0, 0.05) is 5.56 Å². The van der Waals surface area contributed by atoms with Gasteiger partial charge in [0.25, 0.3) is 10.9 Å². The second kappa shape index (κ2) is 3.63. The van der Waals surface area contributed by atoms with Crippen LogP contribution >= 0.6 is 11.6 Å². The monoisotopic (exact) mass is 214 g/mol. The van der Waals surface area contributed by atoms with E-state index in [1.807, 2.05) is 0 Å². The fourth-order valence-corrected chi connectivity index (χ4v) is 1.30. The lowest BCUT2D eigenvalue weighted by atomic mass is 10.1. The molecule has 0 radical (unpaired) electrons. The smallest absolute Gasteiger partial charge is 0.295 e. The minimum atomic E-state index is -0.800. The number of rotatable bonds is 2. The fraction of sp³-hybridized carbons (Fsp3) is 0.125. The van der Waals surface area contributed by atoms with Gasteiger partial charge in [-0.1, -0.05) is 6.07 Å². The van der Waals surface area contributed by atoms with Gasteiger partial charge in [-0.15, -0.1) is 0 Å². The molecule has 1 aromatic carbocycles. The van der Waals surface area contributed by atoms with Crippen LogP contribution in [0, 0.1) is 17.0 Å². The van der Waals surface area contributed by atoms with E-state index in [-0.39, 0.29) is 16.9 Å². The first kappa shape index (κ1) is 10.5. The first-order chi connectivity index (χ1) is 6.45. The van der Waals surface area contributed by atoms with Gasteiger partial charge in [0.2, 0.25) is 0 Å². The maximum atomic E-state index is 10.8. The third-order valence-corrected chi connectivity index (χ3v) is 2.02. The Morgan fingerprint density at radius 2 is 2.14 bits per heavy atom. The highest BCUT2D eigenvalue weighted by Gasteiger charge is 2.20. The van der Waals surface area contributed by atoms with Crippen LogP contribution in [-0.4, -0.2) is 10.2 Å². The highest BCUT2D eigenvalue weighted by molar-refractivity contribution is 6.68. The van der Waals surface area contributed by atoms with Crippen LogP contribution in [0.15, 0.2) is 12.1 Å². The molecular weight excluding hydrogens is 208 g/mol. The molecule has 1 rings (SSSR count). The molecule has 0 fully saturated rings. The summed E-state index contributed by atoms with van der Waals surface area (Å²) in [6.07, 6.45) is 0. The number of anilines is 1. The maximum absolute atomic E-state index is 10.8. The van der Waals surface area contributed by atoms with E-state index in [2.05, 4.69) is 0 Å². The topological polar surface area (TPSA) is 86.2 Å². The number of nitrogens with zero attached hydrogens (tertiary/aromatic N) is 1. The first-order valence-corrected chi connectivity index (χ1v) is 4.06. The number of carbonyl (C=O) groups is 1. The van der Waals surface area contributed by atoms with Gasteiger partial charge in [-0.25, -0.2) is 0 Å². The van der Waals surface area contributed by atoms with Gasteiger partial charge in [-0.2, -0.15) is 0 Å². The molecule has 5 nitrogen and oxygen atoms in total. The molecule has 0 saturated heterocycles. The van der Waals surface area contributed by atoms with Crippen molar-refractivity contribution < 1.29 is 9.72 Å². The number of nitro benzene ring substituents is 1. The number of nitro groups is 1. The number of halogens is 1. The fourth-order valence-electron chi connectivity index (χ4n) is 1.13. The Morgan fingerprint density at radius 1 is 1.57 bits per heavy atom. The standard InChI is InChI=1S/C8H7ClN2O3/c1-4-2-3-5(8(9)12)6(10)7(4)11(13)14/h2-3H,10H2,1H3. The lowest BCUT2D eigenvalue weighted by Crippen LogP contribution is -2.04. The molecule has 0 unspecified atom stereocenters. The maximum Gasteiger partial charge on any atom is 0.295 e. The Kier molecular flexibility index (Phi) is 2.71. The van der Waals surface area contributed by atoms with E-state index in [1.54, 1.807) is 0 Å². The molecule has 0 aromatic heterocycles. The third kappa shape index (κ3) is 1.67. The number of benzene rings is 1. The highest BCUT2D eigenvalue weighted by Crippen LogP contribution is 2.29. The number of nitrogens with two attached hydrogens (primary N) is 1. The van der Waals surface area contributed by atoms with E-state index in [0.717, 1.165) is 0 Å². The first-order valence-electron chi connectivity index (χ1n) is 3.68. The third-order valence-electron chi connectivity index (χ3n) is 1.81. The van der Waals surface area contributed by atoms with Crippen LogP contribution in [0.25, 0.3) is 0 Å². The lowest BCUT2D eigenvalue weighted by Gasteiger charge is -2.03. The van der Waals surface area contributed by atoms with Crippen molar-refractivity contribution >= 4 is 28.2 Å². The Morgan fingerprint density at radius 3 is 2.57 bits per heavy atom. The van der Waals surface area contributed by atoms with Crippen LogP contribution in [0.5, 0.6) is 0 Å². The van der Waals surface area contributed by atoms with Gasteiger partial charge in [-0.3, -0.25) is 14.9 Å². The summed E-state index contributed by atoms with van der Waals surface area (Å²) in [5.74, 6) is 0. The normalized spacial score (nSPS) is 9.86. The summed E-state index contributed by atoms with van der Waals surface area (Å²) in [7, 11) is 0. The van der Waals surface area contributed by atoms with Crippen molar-refractivity contribution in [2.75, 3.05) is 5.73 Å². The van der Waals surface area contributed by atoms with Crippen LogP contribution in [0.2, 0.25) is 0 Å². The van der Waals surface area contributed by atoms with Crippen LogP contribution in [0.1, 0.15) is 15.9 Å². The van der Waals surface area contributed by atoms with Crippen molar-refractivity contribution in [1.82, 2.24) is 0 Å². The predicted molar refractivity (Wildman–Crippen MR) is 52.4 cm³/mol. The van der Waals surface area contributed by atoms with Crippen molar-refractivity contribution in [3.63, 3.8) is 0 Å². The Balaban J connectivity index is 3.49. The summed E-state index contributed by atoms with van der Waals surface area (Å²) in [5, 5.41) is 9.79. The van der Waals surface area contributed by atoms with Crippen LogP contribution < -0.4 is 5.73 Å². The van der Waals surface area contributed by atoms with Gasteiger partial charge in [0.1, 0.15) is 5.69 Å². The molecule has 0 aliphatic carbocycles. The summed E-state index contributed by atoms with van der Waals surface area (Å²) in [5.41, 5.74) is 5.35. The van der Waals surface area contributed by atoms with E-state index in [4.69, 9.17) is 17.3 Å². The van der Waals surface area contributed by atoms with E-state index < -0.39 is 10.2 Å². The minimum absolute atomic E-state index is 0.0380. The number of nitrogen functional groups attached to an aromatic ring is 1. The summed E-state index contributed by atoms with van der Waals surface area (Å²) in [6.45, 7) is 1.54. The number of carbonyl (C=O) groups excluding carboxylic acids is 1. The van der Waals surface area contributed by atoms with Gasteiger partial charge in [0.05, 0.1) is 10.5 Å². The zero-order valence-electron chi connectivity index (χ0n) is 7.28. The molecule has 0 atom stereocenters. The summed E-state index contributed by atoms with van der Waals surface area (Å²) >= 11 is 5.20. The minimum Gasteiger partial charge on any atom is -0.393 e. The summed E-state index contributed by atoms with van der Waals surface area (Å²) < 4.78 is 0. The average Bonchev–Trinajstić information content (AvgIpc) is 2.02. The van der Waals surface area contributed by atoms with Crippen molar-refractivity contribution in [3.05, 3.63) is 33.4 Å². The summed E-state index contributed by atoms with van der Waals surface area (Å²) in [6, 6.07) is 2.80. The SMILES string of the molecule is Cc1ccc(C(=O)Cl)c(N)c1[N+](=O)[O-]. The Hall–Kier alpha value is -1.62. The Labute approximate surface area is 84.6 Å². The van der Waals surface area contributed by atoms with E-state index >= 15 is 0 Å². The molecule has 0 aliphatic rings. The quantitative estimate of drug-likeness (QED) is 0.352. The van der Waals surface area contributed by atoms with Gasteiger partial charge in [-0.05, 0) is 24.6 Å². The summed E-state index contributed by atoms with van der Waals surface area (Å²) in [4.78, 5) is 20.8. The van der Waals surface area contributed by atoms with Crippen molar-refractivity contribution in [2.24, 2.45) is 0 Å². The van der Waals surface area contributed by atoms with E-state index in [0.29, 0.717) is 5.56 Å². The highest BCUT2D eigenvalue weighted by atomic mass is 35.5. The van der Waals surface area contributed by atoms with Crippen molar-refractivity contribution in [1.29, 1.82) is 0 Å². The van der Waals surface area contributed by atoms with E-state index in [9.17, 15) is 14.9 Å². The van der Waals surface area contributed by atoms with Gasteiger partial charge in [0.15, 0.2) is 0 Å². The number of hydrogen-bond acceptors (Lipinski definition) is 4. The number of aryl methyl sites for hydroxylation is 1. The molecule has 0 amide bonds. The lowest BCUT2D eigenvalue weighted by molar-refractivity contribution is -0.384. The molecule has 14 heavy (non-hydrogen) atoms. The molecule has 74 valence electrons. The molecule has 6 heteroatoms.